The quantitative estimate of drug-likeness (QED) is 0.476. The Morgan fingerprint density at radius 1 is 1.36 bits per heavy atom. The molecule has 1 N–H and O–H groups in total. The summed E-state index contributed by atoms with van der Waals surface area (Å²) in [5.41, 5.74) is 1.12. The van der Waals surface area contributed by atoms with Crippen molar-refractivity contribution >= 4 is 34.4 Å². The molecule has 2 aromatic carbocycles. The largest absolute Gasteiger partial charge is 0.494 e. The highest BCUT2D eigenvalue weighted by Crippen LogP contribution is 2.23. The Kier molecular flexibility index (Phi) is 5.40. The van der Waals surface area contributed by atoms with Crippen LogP contribution in [0.2, 0.25) is 0 Å². The molecule has 0 amide bonds. The van der Waals surface area contributed by atoms with Crippen LogP contribution in [0.25, 0.3) is 11.4 Å². The molecular weight excluding hydrogens is 407 g/mol. The molecule has 8 heteroatoms. The molecule has 3 rings (SSSR count). The number of hydrogen-bond donors (Lipinski definition) is 1. The van der Waals surface area contributed by atoms with Gasteiger partial charge in [-0.25, -0.2) is 9.49 Å². The molecule has 25 heavy (non-hydrogen) atoms. The van der Waals surface area contributed by atoms with E-state index in [2.05, 4.69) is 31.2 Å². The predicted molar refractivity (Wildman–Crippen MR) is 101 cm³/mol. The van der Waals surface area contributed by atoms with E-state index in [9.17, 15) is 4.39 Å². The number of hydrogen-bond acceptors (Lipinski definition) is 4. The summed E-state index contributed by atoms with van der Waals surface area (Å²) in [6.45, 7) is 2.48. The summed E-state index contributed by atoms with van der Waals surface area (Å²) >= 11 is 8.54. The van der Waals surface area contributed by atoms with Gasteiger partial charge in [-0.1, -0.05) is 28.1 Å². The van der Waals surface area contributed by atoms with Crippen LogP contribution in [0, 0.1) is 10.6 Å². The molecule has 5 nitrogen and oxygen atoms in total. The normalized spacial score (nSPS) is 11.2. The zero-order chi connectivity index (χ0) is 17.8. The van der Waals surface area contributed by atoms with Crippen LogP contribution in [-0.2, 0) is 0 Å². The van der Waals surface area contributed by atoms with Crippen LogP contribution in [0.3, 0.4) is 0 Å². The molecule has 0 aliphatic carbocycles. The Balaban J connectivity index is 2.00. The molecule has 0 atom stereocenters. The first-order chi connectivity index (χ1) is 12.1. The number of aromatic nitrogens is 3. The lowest BCUT2D eigenvalue weighted by Gasteiger charge is -2.05. The lowest BCUT2D eigenvalue weighted by molar-refractivity contribution is 0.340. The molecule has 0 aliphatic rings. The molecule has 0 unspecified atom stereocenters. The third kappa shape index (κ3) is 4.02. The van der Waals surface area contributed by atoms with E-state index in [0.717, 1.165) is 15.8 Å². The highest BCUT2D eigenvalue weighted by Gasteiger charge is 2.09. The molecule has 0 bridgehead atoms. The summed E-state index contributed by atoms with van der Waals surface area (Å²) in [6.07, 6.45) is 1.40. The van der Waals surface area contributed by atoms with Crippen LogP contribution in [0.1, 0.15) is 12.5 Å². The smallest absolute Gasteiger partial charge is 0.216 e. The summed E-state index contributed by atoms with van der Waals surface area (Å²) in [6, 6.07) is 12.1. The number of benzene rings is 2. The van der Waals surface area contributed by atoms with Crippen molar-refractivity contribution < 1.29 is 9.13 Å². The number of nitrogens with one attached hydrogen (secondary N) is 1. The SMILES string of the molecule is CCOc1cccc(-c2n[nH]c(=S)n2/N=C\c2cc(Br)ccc2F)c1. The molecule has 1 heterocycles. The minimum Gasteiger partial charge on any atom is -0.494 e. The van der Waals surface area contributed by atoms with Gasteiger partial charge in [0.05, 0.1) is 12.8 Å². The van der Waals surface area contributed by atoms with E-state index in [1.165, 1.54) is 17.0 Å². The van der Waals surface area contributed by atoms with Crippen LogP contribution in [0.15, 0.2) is 52.0 Å². The molecule has 0 saturated carbocycles. The van der Waals surface area contributed by atoms with Gasteiger partial charge in [0, 0.05) is 15.6 Å². The Morgan fingerprint density at radius 3 is 3.00 bits per heavy atom. The minimum absolute atomic E-state index is 0.309. The first-order valence-electron chi connectivity index (χ1n) is 7.48. The Hall–Kier alpha value is -2.32. The average molecular weight is 421 g/mol. The molecular formula is C17H14BrFN4OS. The Labute approximate surface area is 157 Å². The molecule has 1 aromatic heterocycles. The fourth-order valence-electron chi connectivity index (χ4n) is 2.21. The first-order valence-corrected chi connectivity index (χ1v) is 8.68. The maximum Gasteiger partial charge on any atom is 0.216 e. The van der Waals surface area contributed by atoms with Gasteiger partial charge in [-0.3, -0.25) is 0 Å². The molecule has 0 fully saturated rings. The van der Waals surface area contributed by atoms with Gasteiger partial charge in [0.1, 0.15) is 11.6 Å². The fourth-order valence-corrected chi connectivity index (χ4v) is 2.77. The van der Waals surface area contributed by atoms with Gasteiger partial charge in [0.25, 0.3) is 0 Å². The molecule has 0 aliphatic heterocycles. The van der Waals surface area contributed by atoms with Crippen molar-refractivity contribution in [2.45, 2.75) is 6.92 Å². The highest BCUT2D eigenvalue weighted by molar-refractivity contribution is 9.10. The van der Waals surface area contributed by atoms with Gasteiger partial charge in [0.2, 0.25) is 4.77 Å². The van der Waals surface area contributed by atoms with Gasteiger partial charge in [-0.15, -0.1) is 0 Å². The maximum absolute atomic E-state index is 13.9. The lowest BCUT2D eigenvalue weighted by Crippen LogP contribution is -1.97. The number of aromatic amines is 1. The third-order valence-corrected chi connectivity index (χ3v) is 4.08. The van der Waals surface area contributed by atoms with Crippen LogP contribution >= 0.6 is 28.1 Å². The van der Waals surface area contributed by atoms with Gasteiger partial charge in [-0.2, -0.15) is 14.9 Å². The summed E-state index contributed by atoms with van der Waals surface area (Å²) in [5.74, 6) is 0.863. The number of ether oxygens (including phenoxy) is 1. The van der Waals surface area contributed by atoms with E-state index in [4.69, 9.17) is 17.0 Å². The van der Waals surface area contributed by atoms with Gasteiger partial charge < -0.3 is 4.74 Å². The Morgan fingerprint density at radius 2 is 2.20 bits per heavy atom. The number of H-pyrrole nitrogens is 1. The number of nitrogens with zero attached hydrogens (tertiary/aromatic N) is 3. The average Bonchev–Trinajstić information content (AvgIpc) is 2.97. The number of rotatable bonds is 5. The van der Waals surface area contributed by atoms with Crippen molar-refractivity contribution in [1.29, 1.82) is 0 Å². The van der Waals surface area contributed by atoms with Gasteiger partial charge in [-0.05, 0) is 49.5 Å². The van der Waals surface area contributed by atoms with E-state index in [0.29, 0.717) is 22.8 Å². The van der Waals surface area contributed by atoms with Crippen molar-refractivity contribution in [2.75, 3.05) is 6.61 Å². The number of halogens is 2. The van der Waals surface area contributed by atoms with E-state index in [1.807, 2.05) is 31.2 Å². The van der Waals surface area contributed by atoms with Gasteiger partial charge >= 0.3 is 0 Å². The van der Waals surface area contributed by atoms with Gasteiger partial charge in [0.15, 0.2) is 5.82 Å². The Bertz CT molecular complexity index is 983. The molecule has 0 spiro atoms. The minimum atomic E-state index is -0.373. The summed E-state index contributed by atoms with van der Waals surface area (Å²) in [7, 11) is 0. The third-order valence-electron chi connectivity index (χ3n) is 3.32. The molecule has 128 valence electrons. The highest BCUT2D eigenvalue weighted by atomic mass is 79.9. The van der Waals surface area contributed by atoms with E-state index in [-0.39, 0.29) is 5.82 Å². The lowest BCUT2D eigenvalue weighted by atomic mass is 10.2. The topological polar surface area (TPSA) is 55.2 Å². The fraction of sp³-hybridized carbons (Fsp3) is 0.118. The van der Waals surface area contributed by atoms with Crippen molar-refractivity contribution in [3.63, 3.8) is 0 Å². The summed E-state index contributed by atoms with van der Waals surface area (Å²) in [5, 5.41) is 11.2. The summed E-state index contributed by atoms with van der Waals surface area (Å²) < 4.78 is 21.9. The van der Waals surface area contributed by atoms with Crippen molar-refractivity contribution in [3.05, 3.63) is 63.1 Å². The monoisotopic (exact) mass is 420 g/mol. The van der Waals surface area contributed by atoms with E-state index < -0.39 is 0 Å². The molecule has 3 aromatic rings. The second-order valence-corrected chi connectivity index (χ2v) is 6.34. The van der Waals surface area contributed by atoms with Crippen molar-refractivity contribution in [3.8, 4) is 17.1 Å². The standard InChI is InChI=1S/C17H14BrFN4OS/c1-2-24-14-5-3-4-11(9-14)16-21-22-17(25)23(16)20-10-12-8-13(18)6-7-15(12)19/h3-10H,2H2,1H3,(H,22,25)/b20-10-. The van der Waals surface area contributed by atoms with Crippen LogP contribution in [-0.4, -0.2) is 27.7 Å². The second-order valence-electron chi connectivity index (χ2n) is 5.04. The second kappa shape index (κ2) is 7.71. The maximum atomic E-state index is 13.9. The van der Waals surface area contributed by atoms with Crippen molar-refractivity contribution in [2.24, 2.45) is 5.10 Å². The van der Waals surface area contributed by atoms with E-state index >= 15 is 0 Å². The zero-order valence-electron chi connectivity index (χ0n) is 13.2. The van der Waals surface area contributed by atoms with Crippen LogP contribution < -0.4 is 4.74 Å². The molecule has 0 radical (unpaired) electrons. The van der Waals surface area contributed by atoms with Crippen LogP contribution in [0.4, 0.5) is 4.39 Å². The van der Waals surface area contributed by atoms with E-state index in [1.54, 1.807) is 12.1 Å². The van der Waals surface area contributed by atoms with Crippen LogP contribution in [0.5, 0.6) is 5.75 Å². The zero-order valence-corrected chi connectivity index (χ0v) is 15.6. The predicted octanol–water partition coefficient (Wildman–Crippen LogP) is 4.79. The first kappa shape index (κ1) is 17.5. The summed E-state index contributed by atoms with van der Waals surface area (Å²) in [4.78, 5) is 0. The molecule has 0 saturated heterocycles. The van der Waals surface area contributed by atoms with Crippen molar-refractivity contribution in [1.82, 2.24) is 14.9 Å².